The van der Waals surface area contributed by atoms with Gasteiger partial charge in [-0.1, -0.05) is 19.9 Å². The highest BCUT2D eigenvalue weighted by molar-refractivity contribution is 5.87. The van der Waals surface area contributed by atoms with Gasteiger partial charge in [0.05, 0.1) is 30.7 Å². The zero-order chi connectivity index (χ0) is 23.9. The Kier molecular flexibility index (Phi) is 6.00. The van der Waals surface area contributed by atoms with Crippen LogP contribution in [0, 0.1) is 5.92 Å². The SMILES string of the molecule is COc1ccc(-c2c(C(F)(F)F)oc3c4c(ccc3c2=O)OCN(CC(C)C)C4)cc1OC. The summed E-state index contributed by atoms with van der Waals surface area (Å²) in [4.78, 5) is 15.4. The molecule has 0 atom stereocenters. The Hall–Kier alpha value is -3.20. The van der Waals surface area contributed by atoms with Crippen molar-refractivity contribution in [1.82, 2.24) is 4.90 Å². The number of hydrogen-bond donors (Lipinski definition) is 0. The Morgan fingerprint density at radius 1 is 1.09 bits per heavy atom. The van der Waals surface area contributed by atoms with Gasteiger partial charge in [-0.2, -0.15) is 13.2 Å². The van der Waals surface area contributed by atoms with E-state index in [1.54, 1.807) is 6.07 Å². The van der Waals surface area contributed by atoms with Gasteiger partial charge in [0.1, 0.15) is 18.1 Å². The third kappa shape index (κ3) is 4.25. The summed E-state index contributed by atoms with van der Waals surface area (Å²) in [5.74, 6) is -0.0824. The van der Waals surface area contributed by atoms with E-state index in [1.807, 2.05) is 18.7 Å². The summed E-state index contributed by atoms with van der Waals surface area (Å²) in [5, 5.41) is 0.0570. The molecule has 0 unspecified atom stereocenters. The number of ether oxygens (including phenoxy) is 3. The van der Waals surface area contributed by atoms with Crippen molar-refractivity contribution in [2.24, 2.45) is 5.92 Å². The highest BCUT2D eigenvalue weighted by atomic mass is 19.4. The van der Waals surface area contributed by atoms with Crippen LogP contribution in [0.5, 0.6) is 17.2 Å². The van der Waals surface area contributed by atoms with Gasteiger partial charge in [-0.3, -0.25) is 9.69 Å². The molecule has 0 aliphatic carbocycles. The number of nitrogens with zero attached hydrogens (tertiary/aromatic N) is 1. The molecule has 3 aromatic rings. The molecule has 1 aromatic heterocycles. The van der Waals surface area contributed by atoms with Crippen molar-refractivity contribution in [1.29, 1.82) is 0 Å². The van der Waals surface area contributed by atoms with Gasteiger partial charge in [-0.15, -0.1) is 0 Å². The molecule has 0 bridgehead atoms. The Balaban J connectivity index is 1.97. The summed E-state index contributed by atoms with van der Waals surface area (Å²) in [6.07, 6.45) is -4.90. The summed E-state index contributed by atoms with van der Waals surface area (Å²) in [5.41, 5.74) is -1.01. The molecule has 9 heteroatoms. The molecule has 0 saturated heterocycles. The second-order valence-electron chi connectivity index (χ2n) is 8.30. The van der Waals surface area contributed by atoms with Gasteiger partial charge in [-0.05, 0) is 35.7 Å². The molecule has 1 aliphatic heterocycles. The highest BCUT2D eigenvalue weighted by Crippen LogP contribution is 2.41. The molecule has 0 amide bonds. The van der Waals surface area contributed by atoms with Gasteiger partial charge in [0.25, 0.3) is 0 Å². The van der Waals surface area contributed by atoms with Crippen molar-refractivity contribution in [2.45, 2.75) is 26.6 Å². The molecule has 2 aromatic carbocycles. The Morgan fingerprint density at radius 3 is 2.45 bits per heavy atom. The first-order chi connectivity index (χ1) is 15.6. The first-order valence-electron chi connectivity index (χ1n) is 10.4. The maximum Gasteiger partial charge on any atom is 0.450 e. The van der Waals surface area contributed by atoms with Crippen LogP contribution >= 0.6 is 0 Å². The van der Waals surface area contributed by atoms with Crippen LogP contribution in [0.2, 0.25) is 0 Å². The van der Waals surface area contributed by atoms with Gasteiger partial charge in [0, 0.05) is 13.1 Å². The molecular weight excluding hydrogens is 439 g/mol. The lowest BCUT2D eigenvalue weighted by atomic mass is 9.99. The lowest BCUT2D eigenvalue weighted by Crippen LogP contribution is -2.35. The molecular formula is C24H24F3NO5. The van der Waals surface area contributed by atoms with Crippen LogP contribution in [0.4, 0.5) is 13.2 Å². The lowest BCUT2D eigenvalue weighted by molar-refractivity contribution is -0.152. The molecule has 4 rings (SSSR count). The van der Waals surface area contributed by atoms with Gasteiger partial charge >= 0.3 is 6.18 Å². The molecule has 2 heterocycles. The van der Waals surface area contributed by atoms with E-state index in [4.69, 9.17) is 18.6 Å². The summed E-state index contributed by atoms with van der Waals surface area (Å²) in [6, 6.07) is 7.20. The number of rotatable bonds is 5. The standard InChI is InChI=1S/C24H24F3NO5/c1-13(2)10-28-11-16-17(32-12-28)8-6-15-21(29)20(23(24(25,26)27)33-22(15)16)14-5-7-18(30-3)19(9-14)31-4/h5-9,13H,10-12H2,1-4H3. The van der Waals surface area contributed by atoms with Crippen LogP contribution < -0.4 is 19.6 Å². The zero-order valence-electron chi connectivity index (χ0n) is 18.7. The third-order valence-electron chi connectivity index (χ3n) is 5.46. The maximum atomic E-state index is 14.1. The summed E-state index contributed by atoms with van der Waals surface area (Å²) in [7, 11) is 2.78. The van der Waals surface area contributed by atoms with Crippen LogP contribution in [0.25, 0.3) is 22.1 Å². The normalized spacial score (nSPS) is 14.3. The number of fused-ring (bicyclic) bond motifs is 3. The van der Waals surface area contributed by atoms with E-state index >= 15 is 0 Å². The first-order valence-corrected chi connectivity index (χ1v) is 10.4. The van der Waals surface area contributed by atoms with Crippen LogP contribution in [-0.4, -0.2) is 32.4 Å². The predicted molar refractivity (Wildman–Crippen MR) is 117 cm³/mol. The van der Waals surface area contributed by atoms with E-state index in [1.165, 1.54) is 38.5 Å². The average molecular weight is 463 g/mol. The number of halogens is 3. The molecule has 6 nitrogen and oxygen atoms in total. The number of benzene rings is 2. The Bertz CT molecular complexity index is 1250. The van der Waals surface area contributed by atoms with Crippen molar-refractivity contribution >= 4 is 11.0 Å². The van der Waals surface area contributed by atoms with Gasteiger partial charge in [-0.25, -0.2) is 0 Å². The van der Waals surface area contributed by atoms with Crippen LogP contribution in [-0.2, 0) is 12.7 Å². The molecule has 0 spiro atoms. The smallest absolute Gasteiger partial charge is 0.450 e. The van der Waals surface area contributed by atoms with Crippen molar-refractivity contribution < 1.29 is 31.8 Å². The number of alkyl halides is 3. The predicted octanol–water partition coefficient (Wildman–Crippen LogP) is 5.30. The summed E-state index contributed by atoms with van der Waals surface area (Å²) >= 11 is 0. The largest absolute Gasteiger partial charge is 0.493 e. The Morgan fingerprint density at radius 2 is 1.82 bits per heavy atom. The van der Waals surface area contributed by atoms with Gasteiger partial charge < -0.3 is 18.6 Å². The fourth-order valence-electron chi connectivity index (χ4n) is 4.10. The monoisotopic (exact) mass is 463 g/mol. The minimum Gasteiger partial charge on any atom is -0.493 e. The van der Waals surface area contributed by atoms with Crippen molar-refractivity contribution in [3.8, 4) is 28.4 Å². The highest BCUT2D eigenvalue weighted by Gasteiger charge is 2.40. The van der Waals surface area contributed by atoms with Crippen molar-refractivity contribution in [2.75, 3.05) is 27.5 Å². The van der Waals surface area contributed by atoms with Crippen LogP contribution in [0.15, 0.2) is 39.5 Å². The van der Waals surface area contributed by atoms with Crippen LogP contribution in [0.1, 0.15) is 25.2 Å². The third-order valence-corrected chi connectivity index (χ3v) is 5.46. The van der Waals surface area contributed by atoms with Gasteiger partial charge in [0.2, 0.25) is 11.2 Å². The minimum atomic E-state index is -4.90. The number of hydrogen-bond acceptors (Lipinski definition) is 6. The summed E-state index contributed by atoms with van der Waals surface area (Å²) in [6.45, 7) is 5.40. The molecule has 33 heavy (non-hydrogen) atoms. The van der Waals surface area contributed by atoms with Crippen LogP contribution in [0.3, 0.4) is 0 Å². The van der Waals surface area contributed by atoms with E-state index in [9.17, 15) is 18.0 Å². The fraction of sp³-hybridized carbons (Fsp3) is 0.375. The minimum absolute atomic E-state index is 0.0195. The molecule has 0 radical (unpaired) electrons. The van der Waals surface area contributed by atoms with E-state index < -0.39 is 22.9 Å². The molecule has 0 N–H and O–H groups in total. The van der Waals surface area contributed by atoms with Gasteiger partial charge in [0.15, 0.2) is 11.5 Å². The first kappa shape index (κ1) is 23.0. The molecule has 176 valence electrons. The van der Waals surface area contributed by atoms with E-state index in [0.717, 1.165) is 0 Å². The molecule has 0 fully saturated rings. The second-order valence-corrected chi connectivity index (χ2v) is 8.30. The fourth-order valence-corrected chi connectivity index (χ4v) is 4.10. The molecule has 1 aliphatic rings. The van der Waals surface area contributed by atoms with Crippen molar-refractivity contribution in [3.05, 3.63) is 51.9 Å². The van der Waals surface area contributed by atoms with Crippen molar-refractivity contribution in [3.63, 3.8) is 0 Å². The molecule has 0 saturated carbocycles. The van der Waals surface area contributed by atoms with E-state index in [-0.39, 0.29) is 22.3 Å². The maximum absolute atomic E-state index is 14.1. The lowest BCUT2D eigenvalue weighted by Gasteiger charge is -2.30. The summed E-state index contributed by atoms with van der Waals surface area (Å²) < 4.78 is 63.9. The average Bonchev–Trinajstić information content (AvgIpc) is 2.77. The quantitative estimate of drug-likeness (QED) is 0.512. The second kappa shape index (κ2) is 8.62. The topological polar surface area (TPSA) is 61.1 Å². The Labute approximate surface area is 188 Å². The van der Waals surface area contributed by atoms with E-state index in [2.05, 4.69) is 0 Å². The number of methoxy groups -OCH3 is 2. The van der Waals surface area contributed by atoms with E-state index in [0.29, 0.717) is 42.8 Å². The zero-order valence-corrected chi connectivity index (χ0v) is 18.7.